The van der Waals surface area contributed by atoms with Crippen molar-refractivity contribution in [2.75, 3.05) is 12.3 Å². The molecule has 0 saturated heterocycles. The first kappa shape index (κ1) is 15.9. The first-order chi connectivity index (χ1) is 9.98. The molecule has 1 aromatic heterocycles. The van der Waals surface area contributed by atoms with Gasteiger partial charge in [0.15, 0.2) is 0 Å². The van der Waals surface area contributed by atoms with Gasteiger partial charge in [0.2, 0.25) is 10.0 Å². The van der Waals surface area contributed by atoms with Crippen LogP contribution in [0.2, 0.25) is 0 Å². The van der Waals surface area contributed by atoms with E-state index in [1.165, 1.54) is 0 Å². The highest BCUT2D eigenvalue weighted by Gasteiger charge is 2.11. The summed E-state index contributed by atoms with van der Waals surface area (Å²) >= 11 is 0. The van der Waals surface area contributed by atoms with Gasteiger partial charge in [0.1, 0.15) is 0 Å². The van der Waals surface area contributed by atoms with E-state index in [0.717, 1.165) is 16.5 Å². The fraction of sp³-hybridized carbons (Fsp3) is 0.400. The van der Waals surface area contributed by atoms with E-state index in [0.29, 0.717) is 6.54 Å². The smallest absolute Gasteiger partial charge is 0.213 e. The van der Waals surface area contributed by atoms with Crippen molar-refractivity contribution in [1.29, 1.82) is 0 Å². The number of benzene rings is 1. The molecular formula is C15H21N3O2S. The summed E-state index contributed by atoms with van der Waals surface area (Å²) < 4.78 is 26.5. The third kappa shape index (κ3) is 4.77. The quantitative estimate of drug-likeness (QED) is 0.816. The number of hydrogen-bond acceptors (Lipinski definition) is 4. The fourth-order valence-corrected chi connectivity index (χ4v) is 2.96. The maximum atomic E-state index is 11.9. The average molecular weight is 307 g/mol. The summed E-state index contributed by atoms with van der Waals surface area (Å²) in [5.41, 5.74) is 1.72. The molecule has 6 heteroatoms. The molecule has 0 spiro atoms. The lowest BCUT2D eigenvalue weighted by molar-refractivity contribution is 0.567. The molecule has 1 aromatic carbocycles. The van der Waals surface area contributed by atoms with Crippen LogP contribution in [0.15, 0.2) is 36.5 Å². The Morgan fingerprint density at radius 2 is 1.95 bits per heavy atom. The standard InChI is InChI=1S/C15H21N3O2S/c1-12(2)16-9-10-21(19,20)18-11-14-6-3-5-13-7-4-8-17-15(13)14/h3-8,12,16,18H,9-11H2,1-2H3. The van der Waals surface area contributed by atoms with E-state index < -0.39 is 10.0 Å². The summed E-state index contributed by atoms with van der Waals surface area (Å²) in [6, 6.07) is 9.88. The average Bonchev–Trinajstić information content (AvgIpc) is 2.44. The van der Waals surface area contributed by atoms with E-state index in [9.17, 15) is 8.42 Å². The zero-order chi connectivity index (χ0) is 15.3. The van der Waals surface area contributed by atoms with Gasteiger partial charge in [-0.2, -0.15) is 0 Å². The molecule has 0 aliphatic heterocycles. The minimum absolute atomic E-state index is 0.0728. The van der Waals surface area contributed by atoms with Crippen LogP contribution in [-0.4, -0.2) is 31.7 Å². The van der Waals surface area contributed by atoms with Gasteiger partial charge in [-0.1, -0.05) is 38.1 Å². The molecule has 0 unspecified atom stereocenters. The second kappa shape index (κ2) is 6.98. The number of para-hydroxylation sites is 1. The number of hydrogen-bond donors (Lipinski definition) is 2. The molecule has 2 rings (SSSR count). The molecule has 0 aliphatic rings. The number of sulfonamides is 1. The van der Waals surface area contributed by atoms with Crippen molar-refractivity contribution < 1.29 is 8.42 Å². The molecule has 5 nitrogen and oxygen atoms in total. The van der Waals surface area contributed by atoms with Crippen molar-refractivity contribution in [3.05, 3.63) is 42.1 Å². The van der Waals surface area contributed by atoms with Crippen LogP contribution in [-0.2, 0) is 16.6 Å². The predicted octanol–water partition coefficient (Wildman–Crippen LogP) is 1.65. The topological polar surface area (TPSA) is 71.1 Å². The lowest BCUT2D eigenvalue weighted by atomic mass is 10.1. The fourth-order valence-electron chi connectivity index (χ4n) is 2.05. The summed E-state index contributed by atoms with van der Waals surface area (Å²) in [6.07, 6.45) is 1.72. The molecule has 0 bridgehead atoms. The molecule has 0 fully saturated rings. The van der Waals surface area contributed by atoms with Crippen molar-refractivity contribution in [1.82, 2.24) is 15.0 Å². The van der Waals surface area contributed by atoms with Crippen molar-refractivity contribution in [3.8, 4) is 0 Å². The van der Waals surface area contributed by atoms with Gasteiger partial charge in [-0.3, -0.25) is 4.98 Å². The summed E-state index contributed by atoms with van der Waals surface area (Å²) in [5.74, 6) is 0.0728. The molecule has 0 atom stereocenters. The molecule has 0 radical (unpaired) electrons. The number of rotatable bonds is 7. The van der Waals surface area contributed by atoms with Crippen molar-refractivity contribution >= 4 is 20.9 Å². The second-order valence-electron chi connectivity index (χ2n) is 5.24. The number of aromatic nitrogens is 1. The first-order valence-electron chi connectivity index (χ1n) is 7.01. The van der Waals surface area contributed by atoms with E-state index in [1.54, 1.807) is 6.20 Å². The second-order valence-corrected chi connectivity index (χ2v) is 7.17. The van der Waals surface area contributed by atoms with E-state index in [2.05, 4.69) is 15.0 Å². The van der Waals surface area contributed by atoms with Gasteiger partial charge < -0.3 is 5.32 Å². The van der Waals surface area contributed by atoms with E-state index >= 15 is 0 Å². The van der Waals surface area contributed by atoms with Crippen molar-refractivity contribution in [2.24, 2.45) is 0 Å². The third-order valence-electron chi connectivity index (χ3n) is 3.12. The third-order valence-corrected chi connectivity index (χ3v) is 4.45. The van der Waals surface area contributed by atoms with Gasteiger partial charge in [0.25, 0.3) is 0 Å². The van der Waals surface area contributed by atoms with Crippen LogP contribution in [0.4, 0.5) is 0 Å². The summed E-state index contributed by atoms with van der Waals surface area (Å²) in [5, 5.41) is 4.11. The number of pyridine rings is 1. The monoisotopic (exact) mass is 307 g/mol. The normalized spacial score (nSPS) is 12.1. The van der Waals surface area contributed by atoms with Crippen LogP contribution in [0.3, 0.4) is 0 Å². The highest BCUT2D eigenvalue weighted by Crippen LogP contribution is 2.15. The van der Waals surface area contributed by atoms with Gasteiger partial charge in [0, 0.05) is 30.7 Å². The van der Waals surface area contributed by atoms with Gasteiger partial charge in [-0.25, -0.2) is 13.1 Å². The minimum atomic E-state index is -3.28. The summed E-state index contributed by atoms with van der Waals surface area (Å²) in [7, 11) is -3.28. The van der Waals surface area contributed by atoms with Crippen LogP contribution in [0.25, 0.3) is 10.9 Å². The molecule has 0 amide bonds. The van der Waals surface area contributed by atoms with E-state index in [-0.39, 0.29) is 18.3 Å². The Balaban J connectivity index is 2.01. The Morgan fingerprint density at radius 1 is 1.19 bits per heavy atom. The summed E-state index contributed by atoms with van der Waals surface area (Å²) in [4.78, 5) is 4.32. The van der Waals surface area contributed by atoms with Crippen molar-refractivity contribution in [3.63, 3.8) is 0 Å². The Morgan fingerprint density at radius 3 is 2.71 bits per heavy atom. The lowest BCUT2D eigenvalue weighted by Gasteiger charge is -2.10. The Hall–Kier alpha value is -1.50. The molecule has 2 N–H and O–H groups in total. The largest absolute Gasteiger partial charge is 0.313 e. The highest BCUT2D eigenvalue weighted by molar-refractivity contribution is 7.89. The molecule has 21 heavy (non-hydrogen) atoms. The first-order valence-corrected chi connectivity index (χ1v) is 8.66. The maximum Gasteiger partial charge on any atom is 0.213 e. The van der Waals surface area contributed by atoms with Gasteiger partial charge in [-0.05, 0) is 11.6 Å². The van der Waals surface area contributed by atoms with Crippen LogP contribution in [0.1, 0.15) is 19.4 Å². The van der Waals surface area contributed by atoms with Gasteiger partial charge >= 0.3 is 0 Å². The number of nitrogens with one attached hydrogen (secondary N) is 2. The van der Waals surface area contributed by atoms with Crippen LogP contribution < -0.4 is 10.0 Å². The molecular weight excluding hydrogens is 286 g/mol. The molecule has 114 valence electrons. The van der Waals surface area contributed by atoms with Crippen LogP contribution in [0.5, 0.6) is 0 Å². The highest BCUT2D eigenvalue weighted by atomic mass is 32.2. The maximum absolute atomic E-state index is 11.9. The van der Waals surface area contributed by atoms with Gasteiger partial charge in [0.05, 0.1) is 11.3 Å². The predicted molar refractivity (Wildman–Crippen MR) is 85.5 cm³/mol. The Labute approximate surface area is 125 Å². The van der Waals surface area contributed by atoms with Crippen LogP contribution in [0, 0.1) is 0 Å². The Kier molecular flexibility index (Phi) is 5.27. The van der Waals surface area contributed by atoms with Crippen molar-refractivity contribution in [2.45, 2.75) is 26.4 Å². The number of nitrogens with zero attached hydrogens (tertiary/aromatic N) is 1. The van der Waals surface area contributed by atoms with E-state index in [4.69, 9.17) is 0 Å². The molecule has 0 aliphatic carbocycles. The Bertz CT molecular complexity index is 694. The zero-order valence-corrected chi connectivity index (χ0v) is 13.2. The molecule has 1 heterocycles. The van der Waals surface area contributed by atoms with E-state index in [1.807, 2.05) is 44.2 Å². The molecule has 2 aromatic rings. The zero-order valence-electron chi connectivity index (χ0n) is 12.3. The van der Waals surface area contributed by atoms with Crippen LogP contribution >= 0.6 is 0 Å². The molecule has 0 saturated carbocycles. The lowest BCUT2D eigenvalue weighted by Crippen LogP contribution is -2.34. The minimum Gasteiger partial charge on any atom is -0.313 e. The van der Waals surface area contributed by atoms with Gasteiger partial charge in [-0.15, -0.1) is 0 Å². The summed E-state index contributed by atoms with van der Waals surface area (Å²) in [6.45, 7) is 4.68. The number of fused-ring (bicyclic) bond motifs is 1. The SMILES string of the molecule is CC(C)NCCS(=O)(=O)NCc1cccc2cccnc12.